The molecule has 3 rings (SSSR count). The summed E-state index contributed by atoms with van der Waals surface area (Å²) in [5, 5.41) is 3.16. The van der Waals surface area contributed by atoms with Crippen LogP contribution in [0.5, 0.6) is 5.75 Å². The van der Waals surface area contributed by atoms with Crippen LogP contribution in [0.4, 0.5) is 5.82 Å². The number of nitrogens with one attached hydrogen (secondary N) is 1. The van der Waals surface area contributed by atoms with Crippen LogP contribution in [0, 0.1) is 0 Å². The van der Waals surface area contributed by atoms with Crippen LogP contribution in [-0.4, -0.2) is 35.1 Å². The second-order valence-electron chi connectivity index (χ2n) is 5.50. The van der Waals surface area contributed by atoms with Crippen LogP contribution in [0.2, 0.25) is 0 Å². The Morgan fingerprint density at radius 2 is 1.92 bits per heavy atom. The second kappa shape index (κ2) is 8.23. The van der Waals surface area contributed by atoms with Crippen LogP contribution in [0.1, 0.15) is 13.8 Å². The first-order chi connectivity index (χ1) is 12.6. The molecule has 26 heavy (non-hydrogen) atoms. The van der Waals surface area contributed by atoms with Crippen molar-refractivity contribution in [2.24, 2.45) is 0 Å². The fourth-order valence-corrected chi connectivity index (χ4v) is 2.97. The second-order valence-corrected chi connectivity index (χ2v) is 6.42. The number of esters is 1. The lowest BCUT2D eigenvalue weighted by Gasteiger charge is -2.09. The average Bonchev–Trinajstić information content (AvgIpc) is 2.99. The topological polar surface area (TPSA) is 64.9 Å². The number of nitrogens with zero attached hydrogens (tertiary/aromatic N) is 2. The minimum Gasteiger partial charge on any atom is -0.494 e. The third kappa shape index (κ3) is 3.99. The van der Waals surface area contributed by atoms with Gasteiger partial charge in [0.05, 0.1) is 13.2 Å². The summed E-state index contributed by atoms with van der Waals surface area (Å²) in [5.74, 6) is 1.23. The van der Waals surface area contributed by atoms with E-state index < -0.39 is 0 Å². The van der Waals surface area contributed by atoms with Crippen molar-refractivity contribution in [2.75, 3.05) is 25.1 Å². The molecule has 1 aromatic carbocycles. The Morgan fingerprint density at radius 1 is 1.15 bits per heavy atom. The summed E-state index contributed by atoms with van der Waals surface area (Å²) < 4.78 is 13.3. The van der Waals surface area contributed by atoms with E-state index in [9.17, 15) is 4.79 Å². The highest BCUT2D eigenvalue weighted by Crippen LogP contribution is 2.31. The van der Waals surface area contributed by atoms with Gasteiger partial charge in [-0.05, 0) is 66.2 Å². The Balaban J connectivity index is 2.00. The number of imidazole rings is 1. The SMILES string of the molecule is CCOC(=O)CNc1c(-c2ccc(OCC)cc2)nc2ccc(Br)cn12. The lowest BCUT2D eigenvalue weighted by molar-refractivity contribution is -0.140. The van der Waals surface area contributed by atoms with Crippen LogP contribution in [-0.2, 0) is 9.53 Å². The van der Waals surface area contributed by atoms with E-state index in [1.54, 1.807) is 6.92 Å². The summed E-state index contributed by atoms with van der Waals surface area (Å²) in [4.78, 5) is 16.5. The highest BCUT2D eigenvalue weighted by molar-refractivity contribution is 9.10. The van der Waals surface area contributed by atoms with Crippen LogP contribution >= 0.6 is 15.9 Å². The van der Waals surface area contributed by atoms with Gasteiger partial charge in [-0.3, -0.25) is 9.20 Å². The number of fused-ring (bicyclic) bond motifs is 1. The van der Waals surface area contributed by atoms with Gasteiger partial charge in [0.2, 0.25) is 0 Å². The molecule has 7 heteroatoms. The van der Waals surface area contributed by atoms with E-state index in [2.05, 4.69) is 21.2 Å². The van der Waals surface area contributed by atoms with E-state index in [0.29, 0.717) is 13.2 Å². The fourth-order valence-electron chi connectivity index (χ4n) is 2.63. The first-order valence-corrected chi connectivity index (χ1v) is 9.22. The maximum atomic E-state index is 11.8. The third-order valence-corrected chi connectivity index (χ3v) is 4.20. The van der Waals surface area contributed by atoms with Crippen LogP contribution < -0.4 is 10.1 Å². The van der Waals surface area contributed by atoms with E-state index in [1.165, 1.54) is 0 Å². The molecule has 0 aliphatic rings. The molecule has 136 valence electrons. The van der Waals surface area contributed by atoms with Crippen molar-refractivity contribution in [3.63, 3.8) is 0 Å². The highest BCUT2D eigenvalue weighted by atomic mass is 79.9. The summed E-state index contributed by atoms with van der Waals surface area (Å²) >= 11 is 3.48. The number of benzene rings is 1. The number of aromatic nitrogens is 2. The number of pyridine rings is 1. The molecule has 2 aromatic heterocycles. The van der Waals surface area contributed by atoms with Gasteiger partial charge in [-0.1, -0.05) is 0 Å². The number of hydrogen-bond acceptors (Lipinski definition) is 5. The largest absolute Gasteiger partial charge is 0.494 e. The highest BCUT2D eigenvalue weighted by Gasteiger charge is 2.15. The Bertz CT molecular complexity index is 906. The zero-order chi connectivity index (χ0) is 18.5. The van der Waals surface area contributed by atoms with Gasteiger partial charge in [-0.2, -0.15) is 0 Å². The molecule has 0 fully saturated rings. The monoisotopic (exact) mass is 417 g/mol. The molecule has 6 nitrogen and oxygen atoms in total. The Kier molecular flexibility index (Phi) is 5.78. The fraction of sp³-hybridized carbons (Fsp3) is 0.263. The van der Waals surface area contributed by atoms with Gasteiger partial charge in [-0.25, -0.2) is 4.98 Å². The normalized spacial score (nSPS) is 10.7. The smallest absolute Gasteiger partial charge is 0.325 e. The summed E-state index contributed by atoms with van der Waals surface area (Å²) in [6.07, 6.45) is 1.91. The van der Waals surface area contributed by atoms with Crippen molar-refractivity contribution >= 4 is 33.4 Å². The first kappa shape index (κ1) is 18.3. The van der Waals surface area contributed by atoms with Gasteiger partial charge >= 0.3 is 5.97 Å². The van der Waals surface area contributed by atoms with Gasteiger partial charge in [0.1, 0.15) is 29.5 Å². The molecule has 0 radical (unpaired) electrons. The summed E-state index contributed by atoms with van der Waals surface area (Å²) in [7, 11) is 0. The van der Waals surface area contributed by atoms with Crippen LogP contribution in [0.25, 0.3) is 16.9 Å². The molecule has 0 amide bonds. The van der Waals surface area contributed by atoms with Crippen molar-refractivity contribution in [1.29, 1.82) is 0 Å². The third-order valence-electron chi connectivity index (χ3n) is 3.73. The molecule has 0 aliphatic carbocycles. The van der Waals surface area contributed by atoms with E-state index >= 15 is 0 Å². The summed E-state index contributed by atoms with van der Waals surface area (Å²) in [5.41, 5.74) is 2.47. The molecule has 0 atom stereocenters. The number of carbonyl (C=O) groups excluding carboxylic acids is 1. The minimum absolute atomic E-state index is 0.0676. The van der Waals surface area contributed by atoms with E-state index in [4.69, 9.17) is 14.5 Å². The lowest BCUT2D eigenvalue weighted by atomic mass is 10.1. The summed E-state index contributed by atoms with van der Waals surface area (Å²) in [6, 6.07) is 11.6. The number of rotatable bonds is 7. The molecular weight excluding hydrogens is 398 g/mol. The zero-order valence-electron chi connectivity index (χ0n) is 14.7. The van der Waals surface area contributed by atoms with Gasteiger partial charge < -0.3 is 14.8 Å². The van der Waals surface area contributed by atoms with Crippen molar-refractivity contribution in [3.8, 4) is 17.0 Å². The van der Waals surface area contributed by atoms with E-state index in [0.717, 1.165) is 32.9 Å². The van der Waals surface area contributed by atoms with Gasteiger partial charge in [-0.15, -0.1) is 0 Å². The molecule has 0 bridgehead atoms. The predicted octanol–water partition coefficient (Wildman–Crippen LogP) is 4.14. The molecule has 0 spiro atoms. The molecule has 0 unspecified atom stereocenters. The maximum absolute atomic E-state index is 11.8. The average molecular weight is 418 g/mol. The zero-order valence-corrected chi connectivity index (χ0v) is 16.2. The minimum atomic E-state index is -0.310. The Hall–Kier alpha value is -2.54. The number of halogens is 1. The Morgan fingerprint density at radius 3 is 2.62 bits per heavy atom. The van der Waals surface area contributed by atoms with E-state index in [-0.39, 0.29) is 12.5 Å². The molecular formula is C19H20BrN3O3. The lowest BCUT2D eigenvalue weighted by Crippen LogP contribution is -2.17. The quantitative estimate of drug-likeness (QED) is 0.585. The molecule has 2 heterocycles. The maximum Gasteiger partial charge on any atom is 0.325 e. The molecule has 0 saturated carbocycles. The van der Waals surface area contributed by atoms with Gasteiger partial charge in [0.15, 0.2) is 0 Å². The number of carbonyl (C=O) groups is 1. The van der Waals surface area contributed by atoms with Crippen molar-refractivity contribution in [1.82, 2.24) is 9.38 Å². The Labute approximate surface area is 160 Å². The van der Waals surface area contributed by atoms with Gasteiger partial charge in [0.25, 0.3) is 0 Å². The standard InChI is InChI=1S/C19H20BrN3O3/c1-3-25-15-8-5-13(6-9-15)18-19(21-11-17(24)26-4-2)23-12-14(20)7-10-16(23)22-18/h5-10,12,21H,3-4,11H2,1-2H3. The van der Waals surface area contributed by atoms with Gasteiger partial charge in [0, 0.05) is 16.2 Å². The molecule has 0 saturated heterocycles. The van der Waals surface area contributed by atoms with E-state index in [1.807, 2.05) is 53.9 Å². The molecule has 0 aliphatic heterocycles. The number of ether oxygens (including phenoxy) is 2. The first-order valence-electron chi connectivity index (χ1n) is 8.42. The van der Waals surface area contributed by atoms with Crippen LogP contribution in [0.15, 0.2) is 47.1 Å². The van der Waals surface area contributed by atoms with Crippen LogP contribution in [0.3, 0.4) is 0 Å². The number of hydrogen-bond donors (Lipinski definition) is 1. The molecule has 3 aromatic rings. The number of anilines is 1. The molecule has 1 N–H and O–H groups in total. The summed E-state index contributed by atoms with van der Waals surface area (Å²) in [6.45, 7) is 4.77. The van der Waals surface area contributed by atoms with Crippen molar-refractivity contribution in [3.05, 3.63) is 47.1 Å². The van der Waals surface area contributed by atoms with Crippen molar-refractivity contribution in [2.45, 2.75) is 13.8 Å². The predicted molar refractivity (Wildman–Crippen MR) is 105 cm³/mol. The van der Waals surface area contributed by atoms with Crippen molar-refractivity contribution < 1.29 is 14.3 Å².